The summed E-state index contributed by atoms with van der Waals surface area (Å²) in [5.74, 6) is 0.219. The SMILES string of the molecule is CCCN(CC(=O)N(C)Cc1ccsc1)C1CCNC1. The van der Waals surface area contributed by atoms with Gasteiger partial charge in [-0.05, 0) is 48.3 Å². The largest absolute Gasteiger partial charge is 0.340 e. The number of hydrogen-bond donors (Lipinski definition) is 1. The maximum atomic E-state index is 12.4. The Labute approximate surface area is 125 Å². The topological polar surface area (TPSA) is 35.6 Å². The Kier molecular flexibility index (Phi) is 6.01. The number of carbonyl (C=O) groups excluding carboxylic acids is 1. The molecule has 2 heterocycles. The zero-order chi connectivity index (χ0) is 14.4. The van der Waals surface area contributed by atoms with Gasteiger partial charge < -0.3 is 10.2 Å². The fourth-order valence-electron chi connectivity index (χ4n) is 2.67. The van der Waals surface area contributed by atoms with Gasteiger partial charge in [0.2, 0.25) is 5.91 Å². The molecule has 0 aliphatic carbocycles. The first-order chi connectivity index (χ1) is 9.70. The number of likely N-dealkylation sites (N-methyl/N-ethyl adjacent to an activating group) is 1. The van der Waals surface area contributed by atoms with Gasteiger partial charge in [0.05, 0.1) is 6.54 Å². The standard InChI is InChI=1S/C15H25N3OS/c1-3-7-18(14-4-6-16-9-14)11-15(19)17(2)10-13-5-8-20-12-13/h5,8,12,14,16H,3-4,6-7,9-11H2,1-2H3. The summed E-state index contributed by atoms with van der Waals surface area (Å²) < 4.78 is 0. The summed E-state index contributed by atoms with van der Waals surface area (Å²) >= 11 is 1.68. The predicted molar refractivity (Wildman–Crippen MR) is 83.9 cm³/mol. The van der Waals surface area contributed by atoms with Gasteiger partial charge in [0.15, 0.2) is 0 Å². The lowest BCUT2D eigenvalue weighted by Gasteiger charge is -2.29. The molecule has 1 aromatic heterocycles. The van der Waals surface area contributed by atoms with Crippen molar-refractivity contribution >= 4 is 17.2 Å². The highest BCUT2D eigenvalue weighted by molar-refractivity contribution is 7.07. The highest BCUT2D eigenvalue weighted by atomic mass is 32.1. The minimum atomic E-state index is 0.219. The molecule has 1 aliphatic rings. The molecule has 1 saturated heterocycles. The van der Waals surface area contributed by atoms with Crippen molar-refractivity contribution in [2.45, 2.75) is 32.4 Å². The van der Waals surface area contributed by atoms with Crippen LogP contribution in [0.5, 0.6) is 0 Å². The summed E-state index contributed by atoms with van der Waals surface area (Å²) in [4.78, 5) is 16.6. The second-order valence-electron chi connectivity index (χ2n) is 5.50. The molecule has 1 aliphatic heterocycles. The number of nitrogens with zero attached hydrogens (tertiary/aromatic N) is 2. The van der Waals surface area contributed by atoms with Gasteiger partial charge in [-0.15, -0.1) is 0 Å². The van der Waals surface area contributed by atoms with Crippen molar-refractivity contribution in [2.75, 3.05) is 33.2 Å². The van der Waals surface area contributed by atoms with E-state index >= 15 is 0 Å². The zero-order valence-electron chi connectivity index (χ0n) is 12.5. The Morgan fingerprint density at radius 3 is 3.00 bits per heavy atom. The zero-order valence-corrected chi connectivity index (χ0v) is 13.3. The van der Waals surface area contributed by atoms with E-state index in [-0.39, 0.29) is 5.91 Å². The van der Waals surface area contributed by atoms with Crippen molar-refractivity contribution in [1.29, 1.82) is 0 Å². The maximum Gasteiger partial charge on any atom is 0.236 e. The first-order valence-corrected chi connectivity index (χ1v) is 8.34. The van der Waals surface area contributed by atoms with Crippen molar-refractivity contribution in [3.05, 3.63) is 22.4 Å². The Balaban J connectivity index is 1.86. The average Bonchev–Trinajstić information content (AvgIpc) is 3.11. The number of thiophene rings is 1. The molecule has 0 saturated carbocycles. The highest BCUT2D eigenvalue weighted by Gasteiger charge is 2.24. The van der Waals surface area contributed by atoms with Crippen LogP contribution in [0.4, 0.5) is 0 Å². The molecular formula is C15H25N3OS. The lowest BCUT2D eigenvalue weighted by atomic mass is 10.2. The Bertz CT molecular complexity index is 401. The molecule has 1 N–H and O–H groups in total. The molecular weight excluding hydrogens is 270 g/mol. The molecule has 0 aromatic carbocycles. The fourth-order valence-corrected chi connectivity index (χ4v) is 3.33. The molecule has 112 valence electrons. The van der Waals surface area contributed by atoms with Crippen LogP contribution in [-0.2, 0) is 11.3 Å². The quantitative estimate of drug-likeness (QED) is 0.833. The van der Waals surface area contributed by atoms with Crippen LogP contribution in [-0.4, -0.2) is 55.0 Å². The number of rotatable bonds is 7. The Morgan fingerprint density at radius 2 is 2.40 bits per heavy atom. The fraction of sp³-hybridized carbons (Fsp3) is 0.667. The molecule has 0 radical (unpaired) electrons. The molecule has 1 atom stereocenters. The third-order valence-electron chi connectivity index (χ3n) is 3.83. The van der Waals surface area contributed by atoms with Crippen LogP contribution >= 0.6 is 11.3 Å². The van der Waals surface area contributed by atoms with Crippen molar-refractivity contribution in [3.8, 4) is 0 Å². The van der Waals surface area contributed by atoms with E-state index in [1.54, 1.807) is 11.3 Å². The first kappa shape index (κ1) is 15.5. The molecule has 1 fully saturated rings. The smallest absolute Gasteiger partial charge is 0.236 e. The summed E-state index contributed by atoms with van der Waals surface area (Å²) in [6.07, 6.45) is 2.25. The van der Waals surface area contributed by atoms with Crippen molar-refractivity contribution in [3.63, 3.8) is 0 Å². The molecule has 1 unspecified atom stereocenters. The van der Waals surface area contributed by atoms with Gasteiger partial charge in [0.25, 0.3) is 0 Å². The second-order valence-corrected chi connectivity index (χ2v) is 6.28. The van der Waals surface area contributed by atoms with Gasteiger partial charge in [-0.3, -0.25) is 9.69 Å². The van der Waals surface area contributed by atoms with Crippen LogP contribution in [0.3, 0.4) is 0 Å². The molecule has 20 heavy (non-hydrogen) atoms. The van der Waals surface area contributed by atoms with Crippen LogP contribution in [0.1, 0.15) is 25.3 Å². The van der Waals surface area contributed by atoms with Gasteiger partial charge in [-0.25, -0.2) is 0 Å². The van der Waals surface area contributed by atoms with Crippen LogP contribution in [0, 0.1) is 0 Å². The third-order valence-corrected chi connectivity index (χ3v) is 4.56. The van der Waals surface area contributed by atoms with Gasteiger partial charge in [-0.2, -0.15) is 11.3 Å². The van der Waals surface area contributed by atoms with Crippen LogP contribution in [0.2, 0.25) is 0 Å². The number of hydrogen-bond acceptors (Lipinski definition) is 4. The molecule has 1 aromatic rings. The molecule has 0 spiro atoms. The Hall–Kier alpha value is -0.910. The first-order valence-electron chi connectivity index (χ1n) is 7.40. The van der Waals surface area contributed by atoms with E-state index in [1.807, 2.05) is 11.9 Å². The predicted octanol–water partition coefficient (Wildman–Crippen LogP) is 1.78. The molecule has 4 nitrogen and oxygen atoms in total. The van der Waals surface area contributed by atoms with E-state index < -0.39 is 0 Å². The minimum absolute atomic E-state index is 0.219. The highest BCUT2D eigenvalue weighted by Crippen LogP contribution is 2.12. The van der Waals surface area contributed by atoms with Crippen molar-refractivity contribution < 1.29 is 4.79 Å². The average molecular weight is 295 g/mol. The van der Waals surface area contributed by atoms with Gasteiger partial charge in [0, 0.05) is 26.2 Å². The maximum absolute atomic E-state index is 12.4. The van der Waals surface area contributed by atoms with E-state index in [1.165, 1.54) is 5.56 Å². The normalized spacial score (nSPS) is 18.6. The number of nitrogens with one attached hydrogen (secondary N) is 1. The minimum Gasteiger partial charge on any atom is -0.340 e. The van der Waals surface area contributed by atoms with Crippen molar-refractivity contribution in [2.24, 2.45) is 0 Å². The third kappa shape index (κ3) is 4.30. The van der Waals surface area contributed by atoms with E-state index in [9.17, 15) is 4.79 Å². The number of amides is 1. The molecule has 2 rings (SSSR count). The summed E-state index contributed by atoms with van der Waals surface area (Å²) in [6, 6.07) is 2.60. The molecule has 0 bridgehead atoms. The molecule has 5 heteroatoms. The summed E-state index contributed by atoms with van der Waals surface area (Å²) in [6.45, 7) is 6.52. The number of carbonyl (C=O) groups is 1. The van der Waals surface area contributed by atoms with E-state index in [0.717, 1.165) is 32.5 Å². The summed E-state index contributed by atoms with van der Waals surface area (Å²) in [5, 5.41) is 7.55. The van der Waals surface area contributed by atoms with Gasteiger partial charge in [0.1, 0.15) is 0 Å². The van der Waals surface area contributed by atoms with Crippen LogP contribution < -0.4 is 5.32 Å². The lowest BCUT2D eigenvalue weighted by Crippen LogP contribution is -2.44. The summed E-state index contributed by atoms with van der Waals surface area (Å²) in [5.41, 5.74) is 1.22. The van der Waals surface area contributed by atoms with Crippen LogP contribution in [0.25, 0.3) is 0 Å². The second kappa shape index (κ2) is 7.76. The molecule has 1 amide bonds. The summed E-state index contributed by atoms with van der Waals surface area (Å²) in [7, 11) is 1.90. The van der Waals surface area contributed by atoms with Crippen molar-refractivity contribution in [1.82, 2.24) is 15.1 Å². The van der Waals surface area contributed by atoms with E-state index in [4.69, 9.17) is 0 Å². The lowest BCUT2D eigenvalue weighted by molar-refractivity contribution is -0.132. The van der Waals surface area contributed by atoms with Crippen LogP contribution in [0.15, 0.2) is 16.8 Å². The monoisotopic (exact) mass is 295 g/mol. The Morgan fingerprint density at radius 1 is 1.55 bits per heavy atom. The van der Waals surface area contributed by atoms with Gasteiger partial charge >= 0.3 is 0 Å². The van der Waals surface area contributed by atoms with E-state index in [0.29, 0.717) is 19.1 Å². The van der Waals surface area contributed by atoms with E-state index in [2.05, 4.69) is 34.0 Å². The van der Waals surface area contributed by atoms with Gasteiger partial charge in [-0.1, -0.05) is 6.92 Å².